The van der Waals surface area contributed by atoms with E-state index in [1.807, 2.05) is 6.07 Å². The normalized spacial score (nSPS) is 13.7. The number of rotatable bonds is 10. The molecule has 3 aromatic rings. The summed E-state index contributed by atoms with van der Waals surface area (Å²) in [5, 5.41) is 12.4. The van der Waals surface area contributed by atoms with E-state index in [-0.39, 0.29) is 39.4 Å². The number of hydrogen-bond acceptors (Lipinski definition) is 9. The van der Waals surface area contributed by atoms with E-state index in [1.165, 1.54) is 25.4 Å². The lowest BCUT2D eigenvalue weighted by atomic mass is 10.1. The van der Waals surface area contributed by atoms with Crippen molar-refractivity contribution in [2.45, 2.75) is 19.8 Å². The zero-order valence-electron chi connectivity index (χ0n) is 23.4. The summed E-state index contributed by atoms with van der Waals surface area (Å²) in [5.74, 6) is 0.652. The first-order chi connectivity index (χ1) is 19.7. The van der Waals surface area contributed by atoms with Crippen LogP contribution in [0.15, 0.2) is 36.7 Å². The van der Waals surface area contributed by atoms with Gasteiger partial charge >= 0.3 is 0 Å². The lowest BCUT2D eigenvalue weighted by molar-refractivity contribution is -0.385. The molecule has 1 fully saturated rings. The van der Waals surface area contributed by atoms with Crippen LogP contribution in [0.3, 0.4) is 0 Å². The van der Waals surface area contributed by atoms with Gasteiger partial charge in [-0.2, -0.15) is 0 Å². The molecule has 41 heavy (non-hydrogen) atoms. The van der Waals surface area contributed by atoms with Crippen molar-refractivity contribution in [3.63, 3.8) is 0 Å². The number of hydrogen-bond donors (Lipinski definition) is 0. The molecule has 0 aliphatic carbocycles. The number of piperazine rings is 1. The number of aromatic nitrogens is 2. The van der Waals surface area contributed by atoms with E-state index in [2.05, 4.69) is 26.7 Å². The van der Waals surface area contributed by atoms with E-state index in [4.69, 9.17) is 32.7 Å². The summed E-state index contributed by atoms with van der Waals surface area (Å²) < 4.78 is 10.6. The molecule has 2 heterocycles. The third-order valence-electron chi connectivity index (χ3n) is 7.24. The number of nitro benzene ring substituents is 1. The first-order valence-corrected chi connectivity index (χ1v) is 13.8. The van der Waals surface area contributed by atoms with Crippen LogP contribution in [0.1, 0.15) is 23.7 Å². The molecule has 1 aromatic heterocycles. The SMILES string of the molecule is CCN1CCN(c2ccc(Cc3cc(N(C)C(=O)Cc4c(Cl)c(OC)cc(OC)c4Cl)ncn3)c([N+](=O)[O-])c2)CC1. The van der Waals surface area contributed by atoms with Crippen molar-refractivity contribution in [3.8, 4) is 11.5 Å². The maximum atomic E-state index is 13.2. The van der Waals surface area contributed by atoms with Gasteiger partial charge in [-0.05, 0) is 18.7 Å². The van der Waals surface area contributed by atoms with Crippen LogP contribution < -0.4 is 19.3 Å². The number of halogens is 2. The highest BCUT2D eigenvalue weighted by atomic mass is 35.5. The van der Waals surface area contributed by atoms with Gasteiger partial charge in [0, 0.05) is 74.7 Å². The maximum Gasteiger partial charge on any atom is 0.275 e. The number of carbonyl (C=O) groups excluding carboxylic acids is 1. The Kier molecular flexibility index (Phi) is 9.85. The van der Waals surface area contributed by atoms with Crippen LogP contribution in [-0.4, -0.2) is 79.7 Å². The predicted molar refractivity (Wildman–Crippen MR) is 159 cm³/mol. The van der Waals surface area contributed by atoms with Crippen LogP contribution in [0.4, 0.5) is 17.2 Å². The average molecular weight is 604 g/mol. The van der Waals surface area contributed by atoms with Gasteiger partial charge in [0.15, 0.2) is 0 Å². The van der Waals surface area contributed by atoms with E-state index < -0.39 is 0 Å². The van der Waals surface area contributed by atoms with Crippen LogP contribution in [0, 0.1) is 10.1 Å². The van der Waals surface area contributed by atoms with Crippen molar-refractivity contribution >= 4 is 46.3 Å². The summed E-state index contributed by atoms with van der Waals surface area (Å²) in [7, 11) is 4.49. The zero-order valence-corrected chi connectivity index (χ0v) is 24.9. The third kappa shape index (κ3) is 6.80. The van der Waals surface area contributed by atoms with Gasteiger partial charge in [0.2, 0.25) is 5.91 Å². The minimum atomic E-state index is -0.366. The zero-order chi connectivity index (χ0) is 29.7. The summed E-state index contributed by atoms with van der Waals surface area (Å²) in [5.41, 5.74) is 2.27. The Labute approximate surface area is 248 Å². The van der Waals surface area contributed by atoms with Crippen molar-refractivity contribution in [1.29, 1.82) is 0 Å². The van der Waals surface area contributed by atoms with Crippen LogP contribution in [0.2, 0.25) is 10.0 Å². The standard InChI is InChI=1S/C28H32Cl2N6O5/c1-5-34-8-10-35(11-9-34)20-7-6-18(22(14-20)36(38)39)12-19-13-25(32-17-31-19)33(2)26(37)15-21-27(29)23(40-3)16-24(41-4)28(21)30/h6-7,13-14,16-17H,5,8-12,15H2,1-4H3. The molecule has 13 heteroatoms. The fourth-order valence-corrected chi connectivity index (χ4v) is 5.38. The lowest BCUT2D eigenvalue weighted by Gasteiger charge is -2.35. The van der Waals surface area contributed by atoms with E-state index in [9.17, 15) is 14.9 Å². The quantitative estimate of drug-likeness (QED) is 0.241. The Hall–Kier alpha value is -3.67. The van der Waals surface area contributed by atoms with Gasteiger partial charge in [0.05, 0.1) is 41.3 Å². The Bertz CT molecular complexity index is 1400. The second kappa shape index (κ2) is 13.3. The van der Waals surface area contributed by atoms with Gasteiger partial charge < -0.3 is 19.3 Å². The monoisotopic (exact) mass is 602 g/mol. The molecule has 0 atom stereocenters. The molecule has 1 aliphatic rings. The summed E-state index contributed by atoms with van der Waals surface area (Å²) in [6, 6.07) is 8.50. The molecule has 11 nitrogen and oxygen atoms in total. The van der Waals surface area contributed by atoms with Gasteiger partial charge in [-0.25, -0.2) is 9.97 Å². The van der Waals surface area contributed by atoms with Gasteiger partial charge in [-0.15, -0.1) is 0 Å². The number of nitrogens with zero attached hydrogens (tertiary/aromatic N) is 6. The lowest BCUT2D eigenvalue weighted by Crippen LogP contribution is -2.46. The molecule has 0 saturated carbocycles. The van der Waals surface area contributed by atoms with Crippen molar-refractivity contribution in [2.75, 3.05) is 63.8 Å². The van der Waals surface area contributed by atoms with Gasteiger partial charge in [-0.3, -0.25) is 19.8 Å². The minimum Gasteiger partial charge on any atom is -0.495 e. The highest BCUT2D eigenvalue weighted by molar-refractivity contribution is 6.38. The molecule has 0 spiro atoms. The average Bonchev–Trinajstić information content (AvgIpc) is 2.99. The molecule has 0 radical (unpaired) electrons. The van der Waals surface area contributed by atoms with Gasteiger partial charge in [-0.1, -0.05) is 30.1 Å². The third-order valence-corrected chi connectivity index (χ3v) is 8.07. The number of anilines is 2. The molecular formula is C28H32Cl2N6O5. The van der Waals surface area contributed by atoms with Crippen LogP contribution in [0.25, 0.3) is 0 Å². The topological polar surface area (TPSA) is 114 Å². The Morgan fingerprint density at radius 1 is 1.05 bits per heavy atom. The minimum absolute atomic E-state index is 0.0290. The molecule has 1 amide bonds. The number of benzene rings is 2. The Morgan fingerprint density at radius 2 is 1.71 bits per heavy atom. The molecule has 4 rings (SSSR count). The van der Waals surface area contributed by atoms with Gasteiger partial charge in [0.1, 0.15) is 23.6 Å². The number of amides is 1. The molecule has 1 aliphatic heterocycles. The number of methoxy groups -OCH3 is 2. The van der Waals surface area contributed by atoms with Crippen LogP contribution in [-0.2, 0) is 17.6 Å². The van der Waals surface area contributed by atoms with E-state index >= 15 is 0 Å². The fourth-order valence-electron chi connectivity index (χ4n) is 4.74. The second-order valence-electron chi connectivity index (χ2n) is 9.55. The molecule has 0 bridgehead atoms. The summed E-state index contributed by atoms with van der Waals surface area (Å²) in [6.07, 6.45) is 1.39. The van der Waals surface area contributed by atoms with E-state index in [0.29, 0.717) is 34.1 Å². The van der Waals surface area contributed by atoms with Crippen molar-refractivity contribution in [3.05, 3.63) is 73.6 Å². The largest absolute Gasteiger partial charge is 0.495 e. The molecule has 2 aromatic carbocycles. The highest BCUT2D eigenvalue weighted by Crippen LogP contribution is 2.41. The summed E-state index contributed by atoms with van der Waals surface area (Å²) >= 11 is 12.9. The first kappa shape index (κ1) is 30.3. The molecular weight excluding hydrogens is 571 g/mol. The predicted octanol–water partition coefficient (Wildman–Crippen LogP) is 4.65. The maximum absolute atomic E-state index is 13.2. The summed E-state index contributed by atoms with van der Waals surface area (Å²) in [4.78, 5) is 39.3. The van der Waals surface area contributed by atoms with Gasteiger partial charge in [0.25, 0.3) is 5.69 Å². The fraction of sp³-hybridized carbons (Fsp3) is 0.393. The Balaban J connectivity index is 1.53. The molecule has 0 N–H and O–H groups in total. The number of ether oxygens (including phenoxy) is 2. The first-order valence-electron chi connectivity index (χ1n) is 13.1. The van der Waals surface area contributed by atoms with Crippen molar-refractivity contribution < 1.29 is 19.2 Å². The van der Waals surface area contributed by atoms with Crippen LogP contribution >= 0.6 is 23.2 Å². The Morgan fingerprint density at radius 3 is 2.29 bits per heavy atom. The molecule has 0 unspecified atom stereocenters. The molecule has 218 valence electrons. The number of likely N-dealkylation sites (N-methyl/N-ethyl adjacent to an activating group) is 2. The highest BCUT2D eigenvalue weighted by Gasteiger charge is 2.24. The van der Waals surface area contributed by atoms with Crippen molar-refractivity contribution in [2.24, 2.45) is 0 Å². The molecule has 1 saturated heterocycles. The summed E-state index contributed by atoms with van der Waals surface area (Å²) in [6.45, 7) is 6.60. The van der Waals surface area contributed by atoms with E-state index in [0.717, 1.165) is 38.4 Å². The van der Waals surface area contributed by atoms with Crippen LogP contribution in [0.5, 0.6) is 11.5 Å². The second-order valence-corrected chi connectivity index (χ2v) is 10.3. The smallest absolute Gasteiger partial charge is 0.275 e. The number of nitro groups is 1. The number of carbonyl (C=O) groups is 1. The van der Waals surface area contributed by atoms with Crippen molar-refractivity contribution in [1.82, 2.24) is 14.9 Å². The van der Waals surface area contributed by atoms with E-state index in [1.54, 1.807) is 31.3 Å².